The first-order chi connectivity index (χ1) is 15.6. The zero-order valence-corrected chi connectivity index (χ0v) is 22.6. The van der Waals surface area contributed by atoms with Crippen molar-refractivity contribution in [1.29, 1.82) is 0 Å². The Morgan fingerprint density at radius 3 is 1.48 bits per heavy atom. The van der Waals surface area contributed by atoms with E-state index in [-0.39, 0.29) is 5.54 Å². The molecule has 0 aliphatic rings. The molecule has 0 aromatic carbocycles. The number of unbranched alkanes of at least 4 members (excludes halogenated alkanes) is 12. The van der Waals surface area contributed by atoms with Crippen molar-refractivity contribution in [2.75, 3.05) is 26.7 Å². The lowest BCUT2D eigenvalue weighted by molar-refractivity contribution is 0.324. The van der Waals surface area contributed by atoms with Crippen LogP contribution in [-0.4, -0.2) is 45.3 Å². The van der Waals surface area contributed by atoms with Crippen LogP contribution in [0.5, 0.6) is 0 Å². The molecule has 1 unspecified atom stereocenters. The van der Waals surface area contributed by atoms with E-state index >= 15 is 0 Å². The van der Waals surface area contributed by atoms with E-state index in [0.717, 1.165) is 13.5 Å². The summed E-state index contributed by atoms with van der Waals surface area (Å²) in [6.07, 6.45) is 24.8. The average molecular weight is 497 g/mol. The van der Waals surface area contributed by atoms with Crippen LogP contribution in [0, 0.1) is 0 Å². The van der Waals surface area contributed by atoms with E-state index in [9.17, 15) is 8.42 Å². The third-order valence-corrected chi connectivity index (χ3v) is 5.52. The molecule has 0 radical (unpaired) electrons. The van der Waals surface area contributed by atoms with E-state index in [1.807, 2.05) is 0 Å². The fraction of sp³-hybridized carbons (Fsp3) is 0.917. The van der Waals surface area contributed by atoms with E-state index < -0.39 is 10.4 Å². The molecule has 0 aliphatic heterocycles. The van der Waals surface area contributed by atoms with E-state index in [4.69, 9.17) is 27.5 Å². The summed E-state index contributed by atoms with van der Waals surface area (Å²) < 4.78 is 29.7. The number of hydrogen-bond acceptors (Lipinski definition) is 7. The van der Waals surface area contributed by atoms with Gasteiger partial charge in [-0.05, 0) is 39.0 Å². The van der Waals surface area contributed by atoms with Crippen LogP contribution in [0.2, 0.25) is 0 Å². The second-order valence-corrected chi connectivity index (χ2v) is 9.91. The van der Waals surface area contributed by atoms with Gasteiger partial charge in [0, 0.05) is 25.2 Å². The van der Waals surface area contributed by atoms with Crippen molar-refractivity contribution in [3.05, 3.63) is 12.2 Å². The van der Waals surface area contributed by atoms with E-state index in [1.165, 1.54) is 89.9 Å². The van der Waals surface area contributed by atoms with Crippen LogP contribution < -0.4 is 22.9 Å². The van der Waals surface area contributed by atoms with Crippen molar-refractivity contribution >= 4 is 10.4 Å². The average Bonchev–Trinajstić information content (AvgIpc) is 2.79. The molecule has 0 aromatic rings. The summed E-state index contributed by atoms with van der Waals surface area (Å²) in [6, 6.07) is 0. The molecule has 0 aromatic heterocycles. The zero-order chi connectivity index (χ0) is 25.8. The fourth-order valence-corrected chi connectivity index (χ4v) is 2.88. The molecule has 0 bridgehead atoms. The standard InChI is InChI=1S/C21H44N2.C2H8N2.CH4O4S/c1-3-4-5-6-7-8-9-10-11-12-13-14-15-16-17-18-19-21(2,23)20-22;3-1-2-4;1-5-6(2,3)4/h10-11H,3-9,12-20,22-23H2,1-2H3;1-4H2;1H3,(H,2,3,4)/b11-10-;;. The number of rotatable bonds is 19. The highest BCUT2D eigenvalue weighted by molar-refractivity contribution is 7.80. The van der Waals surface area contributed by atoms with Crippen molar-refractivity contribution in [2.24, 2.45) is 22.9 Å². The van der Waals surface area contributed by atoms with Gasteiger partial charge in [0.05, 0.1) is 7.11 Å². The molecular formula is C24H56N4O4S. The van der Waals surface area contributed by atoms with Gasteiger partial charge in [0.1, 0.15) is 0 Å². The highest BCUT2D eigenvalue weighted by atomic mass is 32.3. The molecule has 9 heteroatoms. The van der Waals surface area contributed by atoms with Crippen LogP contribution >= 0.6 is 0 Å². The molecule has 0 aliphatic carbocycles. The lowest BCUT2D eigenvalue weighted by Gasteiger charge is -2.21. The molecule has 0 saturated carbocycles. The van der Waals surface area contributed by atoms with Crippen molar-refractivity contribution in [1.82, 2.24) is 0 Å². The first-order valence-corrected chi connectivity index (χ1v) is 14.0. The van der Waals surface area contributed by atoms with Crippen molar-refractivity contribution < 1.29 is 17.2 Å². The van der Waals surface area contributed by atoms with Crippen molar-refractivity contribution in [3.63, 3.8) is 0 Å². The van der Waals surface area contributed by atoms with Gasteiger partial charge in [-0.25, -0.2) is 0 Å². The first kappa shape index (κ1) is 37.0. The Labute approximate surface area is 205 Å². The third-order valence-electron chi connectivity index (χ3n) is 5.10. The van der Waals surface area contributed by atoms with Crippen molar-refractivity contribution in [2.45, 2.75) is 116 Å². The normalized spacial score (nSPS) is 13.1. The predicted octanol–water partition coefficient (Wildman–Crippen LogP) is 4.43. The predicted molar refractivity (Wildman–Crippen MR) is 142 cm³/mol. The Balaban J connectivity index is -0.000000747. The Hall–Kier alpha value is -0.550. The van der Waals surface area contributed by atoms with E-state index in [0.29, 0.717) is 19.6 Å². The summed E-state index contributed by atoms with van der Waals surface area (Å²) in [5, 5.41) is 0. The third kappa shape index (κ3) is 42.1. The minimum absolute atomic E-state index is 0.152. The summed E-state index contributed by atoms with van der Waals surface area (Å²) >= 11 is 0. The molecule has 0 rings (SSSR count). The van der Waals surface area contributed by atoms with Gasteiger partial charge in [-0.1, -0.05) is 83.3 Å². The highest BCUT2D eigenvalue weighted by Gasteiger charge is 2.14. The smallest absolute Gasteiger partial charge is 0.329 e. The van der Waals surface area contributed by atoms with Crippen LogP contribution in [0.1, 0.15) is 110 Å². The topological polar surface area (TPSA) is 168 Å². The van der Waals surface area contributed by atoms with Gasteiger partial charge in [-0.3, -0.25) is 8.74 Å². The molecule has 9 N–H and O–H groups in total. The second kappa shape index (κ2) is 27.7. The van der Waals surface area contributed by atoms with Crippen molar-refractivity contribution in [3.8, 4) is 0 Å². The molecule has 8 nitrogen and oxygen atoms in total. The zero-order valence-electron chi connectivity index (χ0n) is 21.8. The largest absolute Gasteiger partial charge is 0.397 e. The Morgan fingerprint density at radius 2 is 1.15 bits per heavy atom. The summed E-state index contributed by atoms with van der Waals surface area (Å²) in [5.41, 5.74) is 21.3. The summed E-state index contributed by atoms with van der Waals surface area (Å²) in [7, 11) is -3.29. The lowest BCUT2D eigenvalue weighted by atomic mass is 9.95. The quantitative estimate of drug-likeness (QED) is 0.0993. The fourth-order valence-electron chi connectivity index (χ4n) is 2.88. The first-order valence-electron chi connectivity index (χ1n) is 12.7. The van der Waals surface area contributed by atoms with Gasteiger partial charge in [0.25, 0.3) is 0 Å². The van der Waals surface area contributed by atoms with Gasteiger partial charge in [-0.15, -0.1) is 0 Å². The van der Waals surface area contributed by atoms with Gasteiger partial charge in [-0.2, -0.15) is 8.42 Å². The maximum absolute atomic E-state index is 9.33. The SMILES string of the molecule is CCCCCCCC/C=C\CCCCCCCCC(C)(N)CN.COS(=O)(=O)O.NCCN. The van der Waals surface area contributed by atoms with Crippen LogP contribution in [0.4, 0.5) is 0 Å². The summed E-state index contributed by atoms with van der Waals surface area (Å²) in [6.45, 7) is 6.13. The molecule has 0 heterocycles. The Morgan fingerprint density at radius 1 is 0.788 bits per heavy atom. The summed E-state index contributed by atoms with van der Waals surface area (Å²) in [4.78, 5) is 0. The molecule has 0 fully saturated rings. The van der Waals surface area contributed by atoms with Crippen LogP contribution in [0.25, 0.3) is 0 Å². The molecule has 33 heavy (non-hydrogen) atoms. The molecule has 202 valence electrons. The minimum Gasteiger partial charge on any atom is -0.329 e. The number of hydrogen-bond donors (Lipinski definition) is 5. The van der Waals surface area contributed by atoms with E-state index in [1.54, 1.807) is 0 Å². The molecule has 1 atom stereocenters. The Bertz CT molecular complexity index is 499. The second-order valence-electron chi connectivity index (χ2n) is 8.72. The molecular weight excluding hydrogens is 440 g/mol. The monoisotopic (exact) mass is 496 g/mol. The van der Waals surface area contributed by atoms with Gasteiger partial charge in [0.2, 0.25) is 0 Å². The molecule has 0 saturated heterocycles. The van der Waals surface area contributed by atoms with Crippen LogP contribution in [-0.2, 0) is 14.6 Å². The highest BCUT2D eigenvalue weighted by Crippen LogP contribution is 2.13. The van der Waals surface area contributed by atoms with E-state index in [2.05, 4.69) is 30.2 Å². The maximum atomic E-state index is 9.33. The van der Waals surface area contributed by atoms with Gasteiger partial charge >= 0.3 is 10.4 Å². The molecule has 0 amide bonds. The van der Waals surface area contributed by atoms with Crippen LogP contribution in [0.15, 0.2) is 12.2 Å². The van der Waals surface area contributed by atoms with Gasteiger partial charge in [0.15, 0.2) is 0 Å². The molecule has 0 spiro atoms. The Kier molecular flexibility index (Phi) is 31.1. The van der Waals surface area contributed by atoms with Crippen LogP contribution in [0.3, 0.4) is 0 Å². The minimum atomic E-state index is -4.16. The number of allylic oxidation sites excluding steroid dienone is 2. The summed E-state index contributed by atoms with van der Waals surface area (Å²) in [5.74, 6) is 0. The van der Waals surface area contributed by atoms with Gasteiger partial charge < -0.3 is 22.9 Å². The lowest BCUT2D eigenvalue weighted by Crippen LogP contribution is -2.43. The number of nitrogens with two attached hydrogens (primary N) is 4. The maximum Gasteiger partial charge on any atom is 0.397 e.